The summed E-state index contributed by atoms with van der Waals surface area (Å²) in [5.74, 6) is 2.11. The fourth-order valence-corrected chi connectivity index (χ4v) is 1.92. The van der Waals surface area contributed by atoms with Gasteiger partial charge in [-0.15, -0.1) is 5.10 Å². The lowest BCUT2D eigenvalue weighted by Gasteiger charge is -2.05. The van der Waals surface area contributed by atoms with E-state index in [1.807, 2.05) is 7.05 Å². The Kier molecular flexibility index (Phi) is 4.29. The van der Waals surface area contributed by atoms with Crippen LogP contribution in [0.5, 0.6) is 5.88 Å². The van der Waals surface area contributed by atoms with Crippen molar-refractivity contribution in [2.75, 3.05) is 24.7 Å². The molecule has 0 aliphatic rings. The third-order valence-corrected chi connectivity index (χ3v) is 3.08. The van der Waals surface area contributed by atoms with E-state index >= 15 is 0 Å². The van der Waals surface area contributed by atoms with Gasteiger partial charge in [-0.05, 0) is 10.4 Å². The molecule has 0 saturated heterocycles. The van der Waals surface area contributed by atoms with Gasteiger partial charge in [0.25, 0.3) is 0 Å². The molecule has 96 valence electrons. The van der Waals surface area contributed by atoms with Gasteiger partial charge in [0.1, 0.15) is 12.1 Å². The number of hydrogen-bond acceptors (Lipinski definition) is 8. The molecule has 0 aliphatic carbocycles. The minimum atomic E-state index is 0.539. The number of nitrogens with one attached hydrogen (secondary N) is 1. The summed E-state index contributed by atoms with van der Waals surface area (Å²) in [5.41, 5.74) is 0. The molecule has 2 rings (SSSR count). The van der Waals surface area contributed by atoms with Gasteiger partial charge in [-0.3, -0.25) is 0 Å². The predicted octanol–water partition coefficient (Wildman–Crippen LogP) is 0.213. The van der Waals surface area contributed by atoms with Gasteiger partial charge in [0, 0.05) is 25.4 Å². The second kappa shape index (κ2) is 6.15. The van der Waals surface area contributed by atoms with E-state index in [1.54, 1.807) is 29.6 Å². The van der Waals surface area contributed by atoms with Gasteiger partial charge in [0.2, 0.25) is 11.0 Å². The molecule has 0 aliphatic heterocycles. The number of methoxy groups -OCH3 is 1. The van der Waals surface area contributed by atoms with Crippen LogP contribution < -0.4 is 10.1 Å². The molecular formula is C9H13N7OS. The van der Waals surface area contributed by atoms with E-state index in [1.165, 1.54) is 6.33 Å². The van der Waals surface area contributed by atoms with Gasteiger partial charge in [0.05, 0.1) is 7.11 Å². The number of aryl methyl sites for hydroxylation is 1. The van der Waals surface area contributed by atoms with Crippen LogP contribution in [-0.2, 0) is 7.05 Å². The zero-order valence-corrected chi connectivity index (χ0v) is 10.9. The van der Waals surface area contributed by atoms with Crippen molar-refractivity contribution in [2.24, 2.45) is 7.05 Å². The average Bonchev–Trinajstić information content (AvgIpc) is 2.81. The van der Waals surface area contributed by atoms with Crippen molar-refractivity contribution in [1.29, 1.82) is 0 Å². The van der Waals surface area contributed by atoms with Crippen molar-refractivity contribution in [2.45, 2.75) is 5.16 Å². The Hall–Kier alpha value is -1.90. The molecule has 2 aromatic rings. The lowest BCUT2D eigenvalue weighted by molar-refractivity contribution is 0.397. The number of tetrazole rings is 1. The first-order chi connectivity index (χ1) is 8.79. The zero-order valence-electron chi connectivity index (χ0n) is 10.1. The number of aromatic nitrogens is 6. The topological polar surface area (TPSA) is 90.6 Å². The standard InChI is InChI=1S/C9H13N7OS/c1-16-9(13-14-15-16)18-4-3-10-7-5-8(17-2)12-6-11-7/h5-6H,3-4H2,1-2H3,(H,10,11,12). The first-order valence-electron chi connectivity index (χ1n) is 5.24. The van der Waals surface area contributed by atoms with E-state index in [2.05, 4.69) is 30.8 Å². The van der Waals surface area contributed by atoms with Crippen LogP contribution in [0.2, 0.25) is 0 Å². The summed E-state index contributed by atoms with van der Waals surface area (Å²) in [4.78, 5) is 8.01. The lowest BCUT2D eigenvalue weighted by Crippen LogP contribution is -2.07. The van der Waals surface area contributed by atoms with Gasteiger partial charge in [-0.25, -0.2) is 14.6 Å². The van der Waals surface area contributed by atoms with Crippen LogP contribution in [0.3, 0.4) is 0 Å². The largest absolute Gasteiger partial charge is 0.481 e. The van der Waals surface area contributed by atoms with Gasteiger partial charge in [-0.1, -0.05) is 11.8 Å². The Labute approximate surface area is 108 Å². The normalized spacial score (nSPS) is 10.3. The third kappa shape index (κ3) is 3.29. The van der Waals surface area contributed by atoms with E-state index in [-0.39, 0.29) is 0 Å². The van der Waals surface area contributed by atoms with Gasteiger partial charge < -0.3 is 10.1 Å². The quantitative estimate of drug-likeness (QED) is 0.587. The highest BCUT2D eigenvalue weighted by molar-refractivity contribution is 7.99. The Morgan fingerprint density at radius 3 is 3.06 bits per heavy atom. The molecule has 0 saturated carbocycles. The minimum absolute atomic E-state index is 0.539. The summed E-state index contributed by atoms with van der Waals surface area (Å²) in [5, 5.41) is 15.2. The fourth-order valence-electron chi connectivity index (χ4n) is 1.21. The summed E-state index contributed by atoms with van der Waals surface area (Å²) in [6, 6.07) is 1.74. The van der Waals surface area contributed by atoms with Crippen molar-refractivity contribution in [3.63, 3.8) is 0 Å². The van der Waals surface area contributed by atoms with E-state index in [9.17, 15) is 0 Å². The molecule has 8 nitrogen and oxygen atoms in total. The summed E-state index contributed by atoms with van der Waals surface area (Å²) >= 11 is 1.57. The monoisotopic (exact) mass is 267 g/mol. The van der Waals surface area contributed by atoms with E-state index in [4.69, 9.17) is 4.74 Å². The molecule has 0 bridgehead atoms. The van der Waals surface area contributed by atoms with Crippen LogP contribution in [0.25, 0.3) is 0 Å². The van der Waals surface area contributed by atoms with E-state index in [0.717, 1.165) is 23.3 Å². The molecule has 0 atom stereocenters. The van der Waals surface area contributed by atoms with Gasteiger partial charge >= 0.3 is 0 Å². The number of rotatable bonds is 6. The van der Waals surface area contributed by atoms with Crippen LogP contribution >= 0.6 is 11.8 Å². The van der Waals surface area contributed by atoms with Gasteiger partial charge in [-0.2, -0.15) is 0 Å². The lowest BCUT2D eigenvalue weighted by atomic mass is 10.5. The Bertz CT molecular complexity index is 503. The number of nitrogens with zero attached hydrogens (tertiary/aromatic N) is 6. The van der Waals surface area contributed by atoms with Crippen molar-refractivity contribution in [3.05, 3.63) is 12.4 Å². The molecule has 9 heteroatoms. The van der Waals surface area contributed by atoms with E-state index < -0.39 is 0 Å². The van der Waals surface area contributed by atoms with Crippen LogP contribution in [0.4, 0.5) is 5.82 Å². The van der Waals surface area contributed by atoms with Crippen LogP contribution in [0, 0.1) is 0 Å². The maximum absolute atomic E-state index is 5.01. The summed E-state index contributed by atoms with van der Waals surface area (Å²) < 4.78 is 6.65. The zero-order chi connectivity index (χ0) is 12.8. The molecule has 18 heavy (non-hydrogen) atoms. The van der Waals surface area contributed by atoms with Crippen molar-refractivity contribution < 1.29 is 4.74 Å². The molecule has 0 radical (unpaired) electrons. The molecule has 1 N–H and O–H groups in total. The second-order valence-electron chi connectivity index (χ2n) is 3.31. The third-order valence-electron chi connectivity index (χ3n) is 2.07. The average molecular weight is 267 g/mol. The van der Waals surface area contributed by atoms with Crippen molar-refractivity contribution in [1.82, 2.24) is 30.2 Å². The Morgan fingerprint density at radius 2 is 2.33 bits per heavy atom. The highest BCUT2D eigenvalue weighted by atomic mass is 32.2. The fraction of sp³-hybridized carbons (Fsp3) is 0.444. The van der Waals surface area contributed by atoms with Crippen LogP contribution in [0.15, 0.2) is 17.6 Å². The van der Waals surface area contributed by atoms with E-state index in [0.29, 0.717) is 5.88 Å². The first-order valence-corrected chi connectivity index (χ1v) is 6.23. The first kappa shape index (κ1) is 12.6. The number of ether oxygens (including phenoxy) is 1. The Morgan fingerprint density at radius 1 is 1.44 bits per heavy atom. The molecule has 0 aromatic carbocycles. The molecule has 2 aromatic heterocycles. The van der Waals surface area contributed by atoms with Crippen molar-refractivity contribution in [3.8, 4) is 5.88 Å². The highest BCUT2D eigenvalue weighted by Crippen LogP contribution is 2.13. The molecule has 0 amide bonds. The smallest absolute Gasteiger partial charge is 0.218 e. The molecule has 0 unspecified atom stereocenters. The second-order valence-corrected chi connectivity index (χ2v) is 4.37. The maximum Gasteiger partial charge on any atom is 0.218 e. The molecular weight excluding hydrogens is 254 g/mol. The van der Waals surface area contributed by atoms with Gasteiger partial charge in [0.15, 0.2) is 0 Å². The van der Waals surface area contributed by atoms with Crippen molar-refractivity contribution >= 4 is 17.6 Å². The molecule has 0 fully saturated rings. The SMILES string of the molecule is COc1cc(NCCSc2nnnn2C)ncn1. The van der Waals surface area contributed by atoms with Crippen LogP contribution in [-0.4, -0.2) is 49.6 Å². The maximum atomic E-state index is 5.01. The highest BCUT2D eigenvalue weighted by Gasteiger charge is 2.02. The molecule has 0 spiro atoms. The number of anilines is 1. The predicted molar refractivity (Wildman–Crippen MR) is 66.6 cm³/mol. The van der Waals surface area contributed by atoms with Crippen LogP contribution in [0.1, 0.15) is 0 Å². The number of thioether (sulfide) groups is 1. The summed E-state index contributed by atoms with van der Waals surface area (Å²) in [6.45, 7) is 0.748. The minimum Gasteiger partial charge on any atom is -0.481 e. The number of hydrogen-bond donors (Lipinski definition) is 1. The summed E-state index contributed by atoms with van der Waals surface area (Å²) in [6.07, 6.45) is 1.46. The molecule has 2 heterocycles. The summed E-state index contributed by atoms with van der Waals surface area (Å²) in [7, 11) is 3.38. The Balaban J connectivity index is 1.76.